The highest BCUT2D eigenvalue weighted by molar-refractivity contribution is 5.81. The molecule has 0 aliphatic heterocycles. The Labute approximate surface area is 96.6 Å². The Morgan fingerprint density at radius 1 is 1.44 bits per heavy atom. The molecule has 4 nitrogen and oxygen atoms in total. The van der Waals surface area contributed by atoms with Crippen LogP contribution >= 0.6 is 0 Å². The molecule has 92 valence electrons. The molecule has 0 aromatic carbocycles. The molecule has 1 aliphatic rings. The summed E-state index contributed by atoms with van der Waals surface area (Å²) >= 11 is 0. The summed E-state index contributed by atoms with van der Waals surface area (Å²) in [6.07, 6.45) is 2.70. The van der Waals surface area contributed by atoms with E-state index in [0.29, 0.717) is 25.2 Å². The van der Waals surface area contributed by atoms with Crippen LogP contribution in [0.1, 0.15) is 40.0 Å². The van der Waals surface area contributed by atoms with Gasteiger partial charge in [0.1, 0.15) is 5.54 Å². The van der Waals surface area contributed by atoms with Gasteiger partial charge in [-0.2, -0.15) is 0 Å². The molecule has 0 aromatic heterocycles. The molecule has 1 fully saturated rings. The fraction of sp³-hybridized carbons (Fsp3) is 0.833. The van der Waals surface area contributed by atoms with Crippen LogP contribution in [0.15, 0.2) is 0 Å². The molecule has 1 saturated carbocycles. The lowest BCUT2D eigenvalue weighted by Crippen LogP contribution is -2.58. The zero-order chi connectivity index (χ0) is 12.6. The number of likely N-dealkylation sites (N-methyl/N-ethyl adjacent to an activating group) is 1. The van der Waals surface area contributed by atoms with Crippen LogP contribution in [0.5, 0.6) is 0 Å². The van der Waals surface area contributed by atoms with Crippen molar-refractivity contribution >= 4 is 12.4 Å². The number of amides is 1. The van der Waals surface area contributed by atoms with Gasteiger partial charge in [-0.05, 0) is 30.6 Å². The van der Waals surface area contributed by atoms with E-state index in [-0.39, 0.29) is 5.41 Å². The molecule has 1 amide bonds. The predicted molar refractivity (Wildman–Crippen MR) is 61.0 cm³/mol. The van der Waals surface area contributed by atoms with Crippen molar-refractivity contribution in [1.82, 2.24) is 4.90 Å². The first-order valence-corrected chi connectivity index (χ1v) is 5.65. The molecule has 0 radical (unpaired) electrons. The van der Waals surface area contributed by atoms with E-state index in [1.165, 1.54) is 4.90 Å². The maximum absolute atomic E-state index is 11.5. The van der Waals surface area contributed by atoms with Gasteiger partial charge in [-0.25, -0.2) is 4.79 Å². The van der Waals surface area contributed by atoms with E-state index in [1.54, 1.807) is 7.05 Å². The Morgan fingerprint density at radius 2 is 2.00 bits per heavy atom. The van der Waals surface area contributed by atoms with Crippen molar-refractivity contribution in [3.63, 3.8) is 0 Å². The van der Waals surface area contributed by atoms with Crippen LogP contribution in [0.25, 0.3) is 0 Å². The molecular weight excluding hydrogens is 206 g/mol. The van der Waals surface area contributed by atoms with Crippen LogP contribution in [-0.4, -0.2) is 35.0 Å². The summed E-state index contributed by atoms with van der Waals surface area (Å²) in [5.74, 6) is -0.566. The van der Waals surface area contributed by atoms with Gasteiger partial charge in [-0.3, -0.25) is 4.79 Å². The minimum absolute atomic E-state index is 0.0344. The van der Waals surface area contributed by atoms with Crippen LogP contribution < -0.4 is 0 Å². The van der Waals surface area contributed by atoms with Crippen molar-refractivity contribution in [3.8, 4) is 0 Å². The smallest absolute Gasteiger partial charge is 0.329 e. The number of aliphatic carboxylic acids is 1. The zero-order valence-electron chi connectivity index (χ0n) is 10.5. The highest BCUT2D eigenvalue weighted by atomic mass is 16.4. The van der Waals surface area contributed by atoms with Gasteiger partial charge < -0.3 is 10.0 Å². The Morgan fingerprint density at radius 3 is 2.38 bits per heavy atom. The second-order valence-corrected chi connectivity index (χ2v) is 5.91. The first kappa shape index (κ1) is 13.0. The van der Waals surface area contributed by atoms with Crippen LogP contribution in [0, 0.1) is 11.3 Å². The highest BCUT2D eigenvalue weighted by Crippen LogP contribution is 2.46. The zero-order valence-corrected chi connectivity index (χ0v) is 10.5. The third kappa shape index (κ3) is 2.20. The second-order valence-electron chi connectivity index (χ2n) is 5.91. The van der Waals surface area contributed by atoms with Crippen molar-refractivity contribution in [2.24, 2.45) is 11.3 Å². The van der Waals surface area contributed by atoms with E-state index in [1.807, 2.05) is 0 Å². The van der Waals surface area contributed by atoms with Gasteiger partial charge in [0.05, 0.1) is 0 Å². The normalized spacial score (nSPS) is 33.1. The minimum atomic E-state index is -1.02. The quantitative estimate of drug-likeness (QED) is 0.747. The molecule has 2 unspecified atom stereocenters. The van der Waals surface area contributed by atoms with E-state index in [9.17, 15) is 14.7 Å². The van der Waals surface area contributed by atoms with E-state index < -0.39 is 11.5 Å². The Balaban J connectivity index is 3.10. The number of nitrogens with zero attached hydrogens (tertiary/aromatic N) is 1. The van der Waals surface area contributed by atoms with Gasteiger partial charge in [-0.15, -0.1) is 0 Å². The van der Waals surface area contributed by atoms with E-state index in [2.05, 4.69) is 20.8 Å². The molecule has 4 heteroatoms. The summed E-state index contributed by atoms with van der Waals surface area (Å²) in [4.78, 5) is 23.7. The number of rotatable bonds is 3. The largest absolute Gasteiger partial charge is 0.479 e. The number of hydrogen-bond donors (Lipinski definition) is 1. The average Bonchev–Trinajstić information content (AvgIpc) is 2.12. The molecule has 0 spiro atoms. The summed E-state index contributed by atoms with van der Waals surface area (Å²) < 4.78 is 0. The number of carbonyl (C=O) groups is 2. The molecule has 1 aliphatic carbocycles. The van der Waals surface area contributed by atoms with Crippen LogP contribution in [0.2, 0.25) is 0 Å². The van der Waals surface area contributed by atoms with E-state index in [0.717, 1.165) is 6.42 Å². The third-order valence-electron chi connectivity index (χ3n) is 3.59. The fourth-order valence-corrected chi connectivity index (χ4v) is 3.21. The van der Waals surface area contributed by atoms with Crippen molar-refractivity contribution in [2.45, 2.75) is 45.6 Å². The molecule has 2 atom stereocenters. The number of hydrogen-bond acceptors (Lipinski definition) is 2. The van der Waals surface area contributed by atoms with E-state index in [4.69, 9.17) is 0 Å². The summed E-state index contributed by atoms with van der Waals surface area (Å²) in [5.41, 5.74) is -1.06. The van der Waals surface area contributed by atoms with Crippen molar-refractivity contribution in [2.75, 3.05) is 7.05 Å². The van der Waals surface area contributed by atoms with Gasteiger partial charge in [0.2, 0.25) is 6.41 Å². The van der Waals surface area contributed by atoms with Gasteiger partial charge in [-0.1, -0.05) is 20.8 Å². The van der Waals surface area contributed by atoms with Crippen molar-refractivity contribution < 1.29 is 14.7 Å². The molecule has 0 heterocycles. The minimum Gasteiger partial charge on any atom is -0.479 e. The standard InChI is InChI=1S/C12H21NO3/c1-9-5-11(2,3)7-12(6-9,10(15)16)13(4)8-14/h8-9H,5-7H2,1-4H3,(H,15,16). The van der Waals surface area contributed by atoms with Crippen LogP contribution in [-0.2, 0) is 9.59 Å². The molecule has 1 rings (SSSR count). The summed E-state index contributed by atoms with van der Waals surface area (Å²) in [6, 6.07) is 0. The molecule has 0 saturated heterocycles. The number of carboxylic acids is 1. The summed E-state index contributed by atoms with van der Waals surface area (Å²) in [5, 5.41) is 9.44. The van der Waals surface area contributed by atoms with E-state index >= 15 is 0 Å². The molecular formula is C12H21NO3. The highest BCUT2D eigenvalue weighted by Gasteiger charge is 2.50. The van der Waals surface area contributed by atoms with Crippen LogP contribution in [0.3, 0.4) is 0 Å². The second kappa shape index (κ2) is 4.07. The molecule has 0 bridgehead atoms. The lowest BCUT2D eigenvalue weighted by Gasteiger charge is -2.48. The average molecular weight is 227 g/mol. The first-order chi connectivity index (χ1) is 7.23. The van der Waals surface area contributed by atoms with Gasteiger partial charge in [0.25, 0.3) is 0 Å². The van der Waals surface area contributed by atoms with Gasteiger partial charge >= 0.3 is 5.97 Å². The maximum atomic E-state index is 11.5. The fourth-order valence-electron chi connectivity index (χ4n) is 3.21. The summed E-state index contributed by atoms with van der Waals surface area (Å²) in [7, 11) is 1.56. The van der Waals surface area contributed by atoms with Crippen molar-refractivity contribution in [3.05, 3.63) is 0 Å². The van der Waals surface area contributed by atoms with Crippen LogP contribution in [0.4, 0.5) is 0 Å². The summed E-state index contributed by atoms with van der Waals surface area (Å²) in [6.45, 7) is 6.19. The van der Waals surface area contributed by atoms with Crippen molar-refractivity contribution in [1.29, 1.82) is 0 Å². The van der Waals surface area contributed by atoms with Gasteiger partial charge in [0.15, 0.2) is 0 Å². The first-order valence-electron chi connectivity index (χ1n) is 5.65. The lowest BCUT2D eigenvalue weighted by molar-refractivity contribution is -0.161. The molecule has 1 N–H and O–H groups in total. The lowest BCUT2D eigenvalue weighted by atomic mass is 9.64. The number of carboxylic acid groups (broad SMARTS) is 1. The van der Waals surface area contributed by atoms with Gasteiger partial charge in [0, 0.05) is 7.05 Å². The Kier molecular flexibility index (Phi) is 3.31. The Bertz CT molecular complexity index is 301. The molecule has 0 aromatic rings. The Hall–Kier alpha value is -1.06. The third-order valence-corrected chi connectivity index (χ3v) is 3.59. The molecule has 16 heavy (non-hydrogen) atoms. The topological polar surface area (TPSA) is 57.6 Å². The maximum Gasteiger partial charge on any atom is 0.329 e. The predicted octanol–water partition coefficient (Wildman–Crippen LogP) is 1.74. The SMILES string of the molecule is CC1CC(C)(C)CC(C(=O)O)(N(C)C=O)C1. The number of carbonyl (C=O) groups excluding carboxylic acids is 1. The monoisotopic (exact) mass is 227 g/mol.